The third kappa shape index (κ3) is 1.37. The molecule has 68 valence electrons. The topological polar surface area (TPSA) is 46.1 Å². The van der Waals surface area contributed by atoms with E-state index in [0.717, 1.165) is 0 Å². The summed E-state index contributed by atoms with van der Waals surface area (Å²) in [5, 5.41) is 0.181. The van der Waals surface area contributed by atoms with E-state index in [0.29, 0.717) is 24.3 Å². The highest BCUT2D eigenvalue weighted by atomic mass is 35.5. The first-order valence-electron chi connectivity index (χ1n) is 3.95. The average molecular weight is 198 g/mol. The number of carbonyl (C=O) groups is 1. The van der Waals surface area contributed by atoms with Crippen LogP contribution in [-0.2, 0) is 0 Å². The van der Waals surface area contributed by atoms with Crippen LogP contribution in [0.2, 0.25) is 5.28 Å². The maximum Gasteiger partial charge on any atom is 0.224 e. The Morgan fingerprint density at radius 2 is 2.38 bits per heavy atom. The van der Waals surface area contributed by atoms with E-state index in [9.17, 15) is 4.79 Å². The molecule has 1 aromatic heterocycles. The summed E-state index contributed by atoms with van der Waals surface area (Å²) in [6, 6.07) is 0. The Morgan fingerprint density at radius 3 is 3.15 bits per heavy atom. The number of anilines is 1. The minimum absolute atomic E-state index is 0.0877. The van der Waals surface area contributed by atoms with Gasteiger partial charge in [0, 0.05) is 26.2 Å². The minimum Gasteiger partial charge on any atom is -0.358 e. The van der Waals surface area contributed by atoms with E-state index >= 15 is 0 Å². The number of halogens is 1. The number of fused-ring (bicyclic) bond motifs is 1. The summed E-state index contributed by atoms with van der Waals surface area (Å²) < 4.78 is 0. The summed E-state index contributed by atoms with van der Waals surface area (Å²) in [7, 11) is 1.88. The fourth-order valence-electron chi connectivity index (χ4n) is 1.35. The van der Waals surface area contributed by atoms with Gasteiger partial charge in [0.15, 0.2) is 5.78 Å². The van der Waals surface area contributed by atoms with Gasteiger partial charge >= 0.3 is 0 Å². The van der Waals surface area contributed by atoms with Crippen molar-refractivity contribution >= 4 is 23.2 Å². The predicted octanol–water partition coefficient (Wildman–Crippen LogP) is 1.15. The van der Waals surface area contributed by atoms with Gasteiger partial charge in [0.1, 0.15) is 5.82 Å². The van der Waals surface area contributed by atoms with Crippen LogP contribution in [0.4, 0.5) is 5.82 Å². The number of ketones is 1. The van der Waals surface area contributed by atoms with E-state index in [2.05, 4.69) is 9.97 Å². The molecule has 0 aromatic carbocycles. The molecule has 0 unspecified atom stereocenters. The smallest absolute Gasteiger partial charge is 0.224 e. The third-order valence-corrected chi connectivity index (χ3v) is 2.26. The molecule has 0 aliphatic carbocycles. The van der Waals surface area contributed by atoms with E-state index in [1.807, 2.05) is 11.9 Å². The zero-order valence-corrected chi connectivity index (χ0v) is 7.88. The molecule has 0 fully saturated rings. The maximum absolute atomic E-state index is 11.4. The molecule has 2 heterocycles. The highest BCUT2D eigenvalue weighted by molar-refractivity contribution is 6.28. The van der Waals surface area contributed by atoms with Crippen LogP contribution >= 0.6 is 11.6 Å². The van der Waals surface area contributed by atoms with Gasteiger partial charge in [-0.05, 0) is 11.6 Å². The third-order valence-electron chi connectivity index (χ3n) is 2.08. The second kappa shape index (κ2) is 2.96. The normalized spacial score (nSPS) is 15.8. The Balaban J connectivity index is 2.57. The Labute approximate surface area is 80.5 Å². The second-order valence-corrected chi connectivity index (χ2v) is 3.31. The van der Waals surface area contributed by atoms with Crippen molar-refractivity contribution in [2.75, 3.05) is 18.5 Å². The van der Waals surface area contributed by atoms with E-state index in [1.54, 1.807) is 0 Å². The van der Waals surface area contributed by atoms with E-state index < -0.39 is 0 Å². The first kappa shape index (κ1) is 8.44. The molecule has 0 bridgehead atoms. The Bertz CT molecular complexity index is 366. The molecule has 4 nitrogen and oxygen atoms in total. The SMILES string of the molecule is CN1CCC(=O)c2cnc(Cl)nc21. The standard InChI is InChI=1S/C8H8ClN3O/c1-12-3-2-6(13)5-4-10-8(9)11-7(5)12/h4H,2-3H2,1H3. The van der Waals surface area contributed by atoms with Crippen molar-refractivity contribution < 1.29 is 4.79 Å². The van der Waals surface area contributed by atoms with Gasteiger partial charge < -0.3 is 4.90 Å². The quantitative estimate of drug-likeness (QED) is 0.586. The molecule has 0 saturated carbocycles. The lowest BCUT2D eigenvalue weighted by atomic mass is 10.1. The Kier molecular flexibility index (Phi) is 1.92. The number of hydrogen-bond acceptors (Lipinski definition) is 4. The first-order chi connectivity index (χ1) is 6.18. The molecule has 0 radical (unpaired) electrons. The lowest BCUT2D eigenvalue weighted by Crippen LogP contribution is -2.29. The fourth-order valence-corrected chi connectivity index (χ4v) is 1.48. The number of aromatic nitrogens is 2. The molecular formula is C8H8ClN3O. The van der Waals surface area contributed by atoms with Gasteiger partial charge in [-0.2, -0.15) is 4.98 Å². The number of hydrogen-bond donors (Lipinski definition) is 0. The summed E-state index contributed by atoms with van der Waals surface area (Å²) in [4.78, 5) is 21.1. The van der Waals surface area contributed by atoms with Crippen molar-refractivity contribution in [2.24, 2.45) is 0 Å². The predicted molar refractivity (Wildman–Crippen MR) is 49.3 cm³/mol. The van der Waals surface area contributed by atoms with Crippen molar-refractivity contribution in [1.29, 1.82) is 0 Å². The number of nitrogens with zero attached hydrogens (tertiary/aromatic N) is 3. The van der Waals surface area contributed by atoms with E-state index in [1.165, 1.54) is 6.20 Å². The number of rotatable bonds is 0. The van der Waals surface area contributed by atoms with Crippen molar-refractivity contribution in [1.82, 2.24) is 9.97 Å². The van der Waals surface area contributed by atoms with Crippen LogP contribution in [0.25, 0.3) is 0 Å². The van der Waals surface area contributed by atoms with Crippen LogP contribution in [0.15, 0.2) is 6.20 Å². The molecule has 13 heavy (non-hydrogen) atoms. The van der Waals surface area contributed by atoms with E-state index in [4.69, 9.17) is 11.6 Å². The van der Waals surface area contributed by atoms with Gasteiger partial charge in [-0.15, -0.1) is 0 Å². The fraction of sp³-hybridized carbons (Fsp3) is 0.375. The van der Waals surface area contributed by atoms with Crippen molar-refractivity contribution in [3.8, 4) is 0 Å². The van der Waals surface area contributed by atoms with Crippen LogP contribution in [0, 0.1) is 0 Å². The average Bonchev–Trinajstić information content (AvgIpc) is 2.12. The zero-order valence-electron chi connectivity index (χ0n) is 7.12. The summed E-state index contributed by atoms with van der Waals surface area (Å²) in [6.07, 6.45) is 2.01. The first-order valence-corrected chi connectivity index (χ1v) is 4.33. The largest absolute Gasteiger partial charge is 0.358 e. The van der Waals surface area contributed by atoms with Crippen molar-refractivity contribution in [3.05, 3.63) is 17.0 Å². The monoisotopic (exact) mass is 197 g/mol. The molecule has 0 saturated heterocycles. The van der Waals surface area contributed by atoms with Gasteiger partial charge in [-0.3, -0.25) is 4.79 Å². The van der Waals surface area contributed by atoms with Crippen LogP contribution in [0.1, 0.15) is 16.8 Å². The lowest BCUT2D eigenvalue weighted by molar-refractivity contribution is 0.0979. The molecule has 0 spiro atoms. The van der Waals surface area contributed by atoms with Gasteiger partial charge in [-0.25, -0.2) is 4.98 Å². The highest BCUT2D eigenvalue weighted by Crippen LogP contribution is 2.23. The summed E-state index contributed by atoms with van der Waals surface area (Å²) >= 11 is 5.63. The molecule has 1 aliphatic rings. The number of Topliss-reactive ketones (excluding diaryl/α,β-unsaturated/α-hetero) is 1. The maximum atomic E-state index is 11.4. The minimum atomic E-state index is 0.0877. The van der Waals surface area contributed by atoms with Crippen LogP contribution in [0.5, 0.6) is 0 Å². The summed E-state index contributed by atoms with van der Waals surface area (Å²) in [6.45, 7) is 0.694. The molecule has 0 amide bonds. The Hall–Kier alpha value is -1.16. The van der Waals surface area contributed by atoms with Gasteiger partial charge in [0.2, 0.25) is 5.28 Å². The molecule has 0 atom stereocenters. The lowest BCUT2D eigenvalue weighted by Gasteiger charge is -2.24. The van der Waals surface area contributed by atoms with E-state index in [-0.39, 0.29) is 11.1 Å². The van der Waals surface area contributed by atoms with Crippen LogP contribution in [-0.4, -0.2) is 29.3 Å². The van der Waals surface area contributed by atoms with Gasteiger partial charge in [0.05, 0.1) is 5.56 Å². The number of carbonyl (C=O) groups excluding carboxylic acids is 1. The Morgan fingerprint density at radius 1 is 1.62 bits per heavy atom. The molecule has 1 aliphatic heterocycles. The molecule has 0 N–H and O–H groups in total. The van der Waals surface area contributed by atoms with Crippen LogP contribution in [0.3, 0.4) is 0 Å². The van der Waals surface area contributed by atoms with Gasteiger partial charge in [-0.1, -0.05) is 0 Å². The molecular weight excluding hydrogens is 190 g/mol. The second-order valence-electron chi connectivity index (χ2n) is 2.97. The highest BCUT2D eigenvalue weighted by Gasteiger charge is 2.22. The van der Waals surface area contributed by atoms with Crippen LogP contribution < -0.4 is 4.90 Å². The summed E-state index contributed by atoms with van der Waals surface area (Å²) in [5.41, 5.74) is 0.568. The van der Waals surface area contributed by atoms with Crippen molar-refractivity contribution in [3.63, 3.8) is 0 Å². The zero-order chi connectivity index (χ0) is 9.42. The van der Waals surface area contributed by atoms with Crippen molar-refractivity contribution in [2.45, 2.75) is 6.42 Å². The summed E-state index contributed by atoms with van der Waals surface area (Å²) in [5.74, 6) is 0.723. The molecule has 1 aromatic rings. The molecule has 5 heteroatoms. The van der Waals surface area contributed by atoms with Gasteiger partial charge in [0.25, 0.3) is 0 Å². The molecule has 2 rings (SSSR count).